The smallest absolute Gasteiger partial charge is 0.282 e. The second-order valence-electron chi connectivity index (χ2n) is 11.1. The maximum atomic E-state index is 14.1. The molecule has 0 bridgehead atoms. The number of nitrogens with zero attached hydrogens (tertiary/aromatic N) is 2. The first-order valence-electron chi connectivity index (χ1n) is 13.9. The van der Waals surface area contributed by atoms with Crippen LogP contribution in [0, 0.1) is 22.9 Å². The Hall–Kier alpha value is -5.45. The average molecular weight is 598 g/mol. The van der Waals surface area contributed by atoms with Gasteiger partial charge in [0.15, 0.2) is 0 Å². The lowest BCUT2D eigenvalue weighted by Crippen LogP contribution is -2.52. The van der Waals surface area contributed by atoms with Gasteiger partial charge in [-0.25, -0.2) is 4.39 Å². The summed E-state index contributed by atoms with van der Waals surface area (Å²) in [6.45, 7) is 5.76. The van der Waals surface area contributed by atoms with Crippen LogP contribution in [0.25, 0.3) is 11.1 Å². The van der Waals surface area contributed by atoms with Crippen molar-refractivity contribution in [2.24, 2.45) is 0 Å². The highest BCUT2D eigenvalue weighted by molar-refractivity contribution is 6.09. The van der Waals surface area contributed by atoms with E-state index in [9.17, 15) is 24.1 Å². The second kappa shape index (κ2) is 11.7. The van der Waals surface area contributed by atoms with Crippen molar-refractivity contribution in [2.45, 2.75) is 32.9 Å². The quantitative estimate of drug-likeness (QED) is 0.152. The third-order valence-electron chi connectivity index (χ3n) is 7.65. The number of hydrogen-bond acceptors (Lipinski definition) is 7. The molecule has 10 nitrogen and oxygen atoms in total. The number of nitro benzene ring substituents is 1. The Kier molecular flexibility index (Phi) is 7.97. The molecule has 0 radical (unpaired) electrons. The summed E-state index contributed by atoms with van der Waals surface area (Å²) in [5.41, 5.74) is 4.28. The first kappa shape index (κ1) is 30.0. The van der Waals surface area contributed by atoms with Gasteiger partial charge in [-0.2, -0.15) is 0 Å². The number of hydrogen-bond donors (Lipinski definition) is 3. The highest BCUT2D eigenvalue weighted by atomic mass is 19.1. The number of benzene rings is 4. The van der Waals surface area contributed by atoms with Crippen molar-refractivity contribution < 1.29 is 23.6 Å². The van der Waals surface area contributed by atoms with E-state index >= 15 is 0 Å². The fourth-order valence-corrected chi connectivity index (χ4v) is 5.45. The number of nitro groups is 1. The number of anilines is 4. The highest BCUT2D eigenvalue weighted by Gasteiger charge is 2.38. The summed E-state index contributed by atoms with van der Waals surface area (Å²) in [4.78, 5) is 38.7. The van der Waals surface area contributed by atoms with Gasteiger partial charge < -0.3 is 25.6 Å². The minimum atomic E-state index is -0.821. The van der Waals surface area contributed by atoms with E-state index in [0.29, 0.717) is 28.4 Å². The van der Waals surface area contributed by atoms with E-state index in [-0.39, 0.29) is 29.5 Å². The van der Waals surface area contributed by atoms with E-state index < -0.39 is 16.4 Å². The molecule has 0 aromatic heterocycles. The summed E-state index contributed by atoms with van der Waals surface area (Å²) >= 11 is 0. The molecule has 4 aromatic rings. The molecular formula is C33H32FN5O5. The van der Waals surface area contributed by atoms with Gasteiger partial charge in [0.2, 0.25) is 0 Å². The number of carbonyl (C=O) groups excluding carboxylic acids is 2. The van der Waals surface area contributed by atoms with Crippen LogP contribution in [0.15, 0.2) is 72.8 Å². The Morgan fingerprint density at radius 1 is 1.07 bits per heavy atom. The number of fused-ring (bicyclic) bond motifs is 1. The zero-order chi connectivity index (χ0) is 31.8. The van der Waals surface area contributed by atoms with Gasteiger partial charge >= 0.3 is 0 Å². The van der Waals surface area contributed by atoms with E-state index in [4.69, 9.17) is 4.74 Å². The molecule has 4 aromatic carbocycles. The van der Waals surface area contributed by atoms with Crippen LogP contribution in [0.1, 0.15) is 35.3 Å². The van der Waals surface area contributed by atoms with E-state index in [1.165, 1.54) is 37.4 Å². The second-order valence-corrected chi connectivity index (χ2v) is 11.1. The predicted molar refractivity (Wildman–Crippen MR) is 169 cm³/mol. The molecule has 226 valence electrons. The van der Waals surface area contributed by atoms with Crippen LogP contribution in [0.2, 0.25) is 0 Å². The number of halogens is 1. The summed E-state index contributed by atoms with van der Waals surface area (Å²) in [6, 6.07) is 19.1. The molecule has 0 saturated carbocycles. The molecule has 0 spiro atoms. The molecule has 0 atom stereocenters. The number of likely N-dealkylation sites (N-methyl/N-ethyl adjacent to an activating group) is 1. The number of para-hydroxylation sites is 1. The van der Waals surface area contributed by atoms with Crippen LogP contribution in [0.5, 0.6) is 5.75 Å². The number of amides is 2. The van der Waals surface area contributed by atoms with Gasteiger partial charge in [-0.05, 0) is 68.3 Å². The maximum absolute atomic E-state index is 14.1. The molecule has 11 heteroatoms. The van der Waals surface area contributed by atoms with Crippen molar-refractivity contribution in [1.82, 2.24) is 0 Å². The number of aryl methyl sites for hydroxylation is 1. The van der Waals surface area contributed by atoms with E-state index in [1.807, 2.05) is 32.9 Å². The van der Waals surface area contributed by atoms with Gasteiger partial charge in [0.25, 0.3) is 17.5 Å². The van der Waals surface area contributed by atoms with Crippen molar-refractivity contribution >= 4 is 40.3 Å². The van der Waals surface area contributed by atoms with Crippen LogP contribution in [0.3, 0.4) is 0 Å². The van der Waals surface area contributed by atoms with E-state index in [0.717, 1.165) is 22.4 Å². The molecule has 1 heterocycles. The zero-order valence-electron chi connectivity index (χ0n) is 24.9. The summed E-state index contributed by atoms with van der Waals surface area (Å²) < 4.78 is 19.8. The number of carbonyl (C=O) groups is 2. The summed E-state index contributed by atoms with van der Waals surface area (Å²) in [6.07, 6.45) is 0. The number of ether oxygens (including phenoxy) is 1. The summed E-state index contributed by atoms with van der Waals surface area (Å²) in [5.74, 6) is -0.703. The lowest BCUT2D eigenvalue weighted by atomic mass is 9.91. The number of nitrogens with one attached hydrogen (secondary N) is 3. The number of rotatable bonds is 8. The molecule has 1 aliphatic rings. The van der Waals surface area contributed by atoms with E-state index in [1.54, 1.807) is 42.3 Å². The zero-order valence-corrected chi connectivity index (χ0v) is 24.9. The van der Waals surface area contributed by atoms with Crippen molar-refractivity contribution in [2.75, 3.05) is 35.0 Å². The Balaban J connectivity index is 1.57. The lowest BCUT2D eigenvalue weighted by molar-refractivity contribution is -0.385. The standard InChI is InChI=1S/C33H32FN5O5/c1-19-10-11-20(34)16-27(19)35-18-25-22(14-15-26-30(25)38(4)32(41)33(2,3)37-26)23-13-12-21(17-29(23)44-5)36-31(40)24-8-6-7-9-28(24)39(42)43/h6-17,35,37H,18H2,1-5H3,(H,36,40). The molecule has 3 N–H and O–H groups in total. The molecule has 0 saturated heterocycles. The summed E-state index contributed by atoms with van der Waals surface area (Å²) in [5, 5.41) is 20.8. The summed E-state index contributed by atoms with van der Waals surface area (Å²) in [7, 11) is 3.22. The normalized spacial score (nSPS) is 13.5. The molecule has 44 heavy (non-hydrogen) atoms. The van der Waals surface area contributed by atoms with Crippen molar-refractivity contribution in [3.63, 3.8) is 0 Å². The Bertz CT molecular complexity index is 1810. The molecule has 1 aliphatic heterocycles. The largest absolute Gasteiger partial charge is 0.496 e. The topological polar surface area (TPSA) is 126 Å². The third kappa shape index (κ3) is 5.63. The molecule has 0 unspecified atom stereocenters. The minimum Gasteiger partial charge on any atom is -0.496 e. The fourth-order valence-electron chi connectivity index (χ4n) is 5.45. The first-order valence-corrected chi connectivity index (χ1v) is 13.9. The van der Waals surface area contributed by atoms with Gasteiger partial charge in [-0.3, -0.25) is 19.7 Å². The minimum absolute atomic E-state index is 0.0700. The molecule has 0 fully saturated rings. The molecule has 0 aliphatic carbocycles. The first-order chi connectivity index (χ1) is 20.9. The Labute approximate surface area is 254 Å². The molecule has 5 rings (SSSR count). The SMILES string of the molecule is COc1cc(NC(=O)c2ccccc2[N+](=O)[O-])ccc1-c1ccc2c(c1CNc1cc(F)ccc1C)N(C)C(=O)C(C)(C)N2. The van der Waals surface area contributed by atoms with E-state index in [2.05, 4.69) is 16.0 Å². The van der Waals surface area contributed by atoms with Crippen LogP contribution in [-0.4, -0.2) is 36.4 Å². The van der Waals surface area contributed by atoms with Gasteiger partial charge in [-0.15, -0.1) is 0 Å². The van der Waals surface area contributed by atoms with Crippen molar-refractivity contribution in [3.05, 3.63) is 105 Å². The van der Waals surface area contributed by atoms with Crippen LogP contribution in [0.4, 0.5) is 32.8 Å². The predicted octanol–water partition coefficient (Wildman–Crippen LogP) is 6.75. The van der Waals surface area contributed by atoms with Gasteiger partial charge in [0.05, 0.1) is 23.4 Å². The lowest BCUT2D eigenvalue weighted by Gasteiger charge is -2.40. The van der Waals surface area contributed by atoms with Crippen molar-refractivity contribution in [3.8, 4) is 16.9 Å². The Morgan fingerprint density at radius 2 is 1.80 bits per heavy atom. The van der Waals surface area contributed by atoms with Crippen LogP contribution < -0.4 is 25.6 Å². The fraction of sp³-hybridized carbons (Fsp3) is 0.212. The van der Waals surface area contributed by atoms with Crippen molar-refractivity contribution in [1.29, 1.82) is 0 Å². The molecule has 2 amide bonds. The van der Waals surface area contributed by atoms with Gasteiger partial charge in [0.1, 0.15) is 22.7 Å². The average Bonchev–Trinajstić information content (AvgIpc) is 3.00. The number of methoxy groups -OCH3 is 1. The monoisotopic (exact) mass is 597 g/mol. The Morgan fingerprint density at radius 3 is 2.52 bits per heavy atom. The van der Waals surface area contributed by atoms with Gasteiger partial charge in [-0.1, -0.05) is 24.3 Å². The van der Waals surface area contributed by atoms with Crippen LogP contribution in [-0.2, 0) is 11.3 Å². The maximum Gasteiger partial charge on any atom is 0.282 e. The molecular weight excluding hydrogens is 565 g/mol. The van der Waals surface area contributed by atoms with Crippen LogP contribution >= 0.6 is 0 Å². The highest BCUT2D eigenvalue weighted by Crippen LogP contribution is 2.44. The van der Waals surface area contributed by atoms with Gasteiger partial charge in [0, 0.05) is 48.2 Å². The third-order valence-corrected chi connectivity index (χ3v) is 7.65.